The van der Waals surface area contributed by atoms with Crippen LogP contribution >= 0.6 is 15.6 Å². The Morgan fingerprint density at radius 3 is 0.717 bits per heavy atom. The van der Waals surface area contributed by atoms with E-state index in [-0.39, 0.29) is 25.7 Å². The molecule has 17 nitrogen and oxygen atoms in total. The topological polar surface area (TPSA) is 237 Å². The van der Waals surface area contributed by atoms with Crippen molar-refractivity contribution in [2.45, 2.75) is 427 Å². The lowest BCUT2D eigenvalue weighted by Gasteiger charge is -2.21. The van der Waals surface area contributed by atoms with E-state index >= 15 is 0 Å². The predicted molar refractivity (Wildman–Crippen MR) is 404 cm³/mol. The molecular formula is C80H156O17P2. The van der Waals surface area contributed by atoms with Crippen molar-refractivity contribution in [3.05, 3.63) is 0 Å². The van der Waals surface area contributed by atoms with Gasteiger partial charge in [0.25, 0.3) is 0 Å². The van der Waals surface area contributed by atoms with Gasteiger partial charge < -0.3 is 33.8 Å². The van der Waals surface area contributed by atoms with Crippen LogP contribution < -0.4 is 0 Å². The van der Waals surface area contributed by atoms with Gasteiger partial charge in [0.05, 0.1) is 26.4 Å². The van der Waals surface area contributed by atoms with E-state index in [0.717, 1.165) is 120 Å². The van der Waals surface area contributed by atoms with Crippen LogP contribution in [-0.2, 0) is 65.4 Å². The van der Waals surface area contributed by atoms with Crippen LogP contribution in [0.4, 0.5) is 0 Å². The highest BCUT2D eigenvalue weighted by atomic mass is 31.2. The second-order valence-electron chi connectivity index (χ2n) is 30.2. The summed E-state index contributed by atoms with van der Waals surface area (Å²) in [5.74, 6) is 0.983. The van der Waals surface area contributed by atoms with E-state index < -0.39 is 97.5 Å². The van der Waals surface area contributed by atoms with E-state index in [4.69, 9.17) is 37.0 Å². The molecule has 0 aliphatic carbocycles. The molecule has 0 amide bonds. The predicted octanol–water partition coefficient (Wildman–Crippen LogP) is 23.6. The maximum absolute atomic E-state index is 13.1. The van der Waals surface area contributed by atoms with Crippen LogP contribution in [0.2, 0.25) is 0 Å². The average molecular weight is 1450 g/mol. The third kappa shape index (κ3) is 71.5. The van der Waals surface area contributed by atoms with Crippen LogP contribution in [-0.4, -0.2) is 96.7 Å². The Bertz CT molecular complexity index is 1940. The minimum atomic E-state index is -4.96. The molecule has 99 heavy (non-hydrogen) atoms. The SMILES string of the molecule is CCC(C)CCCCCCCCCCCCCCCCCCCCC(=O)O[C@H](COC(=O)CCCCCCCCCC(C)C)COP(=O)(O)OC[C@@H](O)COP(=O)(O)OC[C@@H](COC(=O)CCCCCCCCC(C)CC)OC(=O)CCCCCCCCCCCCCCCCC(C)C. The quantitative estimate of drug-likeness (QED) is 0.0222. The molecule has 3 N–H and O–H groups in total. The number of unbranched alkanes of at least 4 members (excludes halogenated alkanes) is 41. The van der Waals surface area contributed by atoms with Crippen LogP contribution in [0, 0.1) is 23.7 Å². The van der Waals surface area contributed by atoms with Gasteiger partial charge in [0.2, 0.25) is 0 Å². The Kier molecular flexibility index (Phi) is 67.8. The molecule has 0 aliphatic heterocycles. The van der Waals surface area contributed by atoms with E-state index in [1.807, 2.05) is 0 Å². The van der Waals surface area contributed by atoms with Crippen molar-refractivity contribution >= 4 is 39.5 Å². The fourth-order valence-corrected chi connectivity index (χ4v) is 13.8. The number of aliphatic hydroxyl groups is 1. The van der Waals surface area contributed by atoms with Crippen molar-refractivity contribution in [3.8, 4) is 0 Å². The van der Waals surface area contributed by atoms with E-state index in [2.05, 4.69) is 55.4 Å². The van der Waals surface area contributed by atoms with Crippen LogP contribution in [0.25, 0.3) is 0 Å². The van der Waals surface area contributed by atoms with Crippen molar-refractivity contribution in [2.24, 2.45) is 23.7 Å². The molecule has 0 aromatic heterocycles. The monoisotopic (exact) mass is 1450 g/mol. The summed E-state index contributed by atoms with van der Waals surface area (Å²) in [7, 11) is -9.92. The number of rotatable bonds is 77. The van der Waals surface area contributed by atoms with Crippen molar-refractivity contribution < 1.29 is 80.2 Å². The first-order valence-electron chi connectivity index (χ1n) is 41.3. The molecule has 0 saturated heterocycles. The van der Waals surface area contributed by atoms with Crippen LogP contribution in [0.5, 0.6) is 0 Å². The second kappa shape index (κ2) is 69.1. The number of phosphoric acid groups is 2. The number of carbonyl (C=O) groups excluding carboxylic acids is 4. The number of esters is 4. The molecule has 0 aromatic rings. The molecule has 0 radical (unpaired) electrons. The molecule has 19 heteroatoms. The zero-order chi connectivity index (χ0) is 73.1. The van der Waals surface area contributed by atoms with Gasteiger partial charge >= 0.3 is 39.5 Å². The van der Waals surface area contributed by atoms with Gasteiger partial charge in [0.15, 0.2) is 12.2 Å². The van der Waals surface area contributed by atoms with E-state index in [1.165, 1.54) is 199 Å². The molecule has 0 spiro atoms. The highest BCUT2D eigenvalue weighted by Gasteiger charge is 2.30. The summed E-state index contributed by atoms with van der Waals surface area (Å²) in [5, 5.41) is 10.6. The summed E-state index contributed by atoms with van der Waals surface area (Å²) >= 11 is 0. The van der Waals surface area contributed by atoms with Gasteiger partial charge in [-0.1, -0.05) is 357 Å². The first-order valence-corrected chi connectivity index (χ1v) is 44.3. The lowest BCUT2D eigenvalue weighted by atomic mass is 9.99. The third-order valence-corrected chi connectivity index (χ3v) is 21.2. The summed E-state index contributed by atoms with van der Waals surface area (Å²) in [6, 6.07) is 0. The largest absolute Gasteiger partial charge is 0.472 e. The standard InChI is InChI=1S/C80H156O17P2/c1-9-72(7)58-50-42-34-28-24-20-15-13-11-12-14-16-21-25-29-35-46-54-62-79(84)96-75(66-90-77(82)60-52-44-37-31-33-41-49-57-71(5)6)68-94-98(86,87)92-64-74(81)65-93-99(88,89)95-69-76(67-91-78(83)61-53-45-39-38-43-51-59-73(8)10-2)97-80(85)63-55-47-36-30-26-22-18-17-19-23-27-32-40-48-56-70(3)4/h70-76,81H,9-69H2,1-8H3,(H,86,87)(H,88,89)/t72?,73?,74-,75-,76-/m1/s1. The van der Waals surface area contributed by atoms with E-state index in [0.29, 0.717) is 31.6 Å². The molecule has 0 aromatic carbocycles. The highest BCUT2D eigenvalue weighted by molar-refractivity contribution is 7.47. The Morgan fingerprint density at radius 2 is 0.485 bits per heavy atom. The zero-order valence-electron chi connectivity index (χ0n) is 65.1. The first kappa shape index (κ1) is 97.1. The fourth-order valence-electron chi connectivity index (χ4n) is 12.2. The number of hydrogen-bond donors (Lipinski definition) is 3. The molecule has 0 rings (SSSR count). The van der Waals surface area contributed by atoms with Gasteiger partial charge in [0, 0.05) is 25.7 Å². The maximum atomic E-state index is 13.1. The van der Waals surface area contributed by atoms with Gasteiger partial charge in [-0.05, 0) is 49.4 Å². The van der Waals surface area contributed by atoms with Gasteiger partial charge in [-0.15, -0.1) is 0 Å². The van der Waals surface area contributed by atoms with Gasteiger partial charge in [-0.25, -0.2) is 9.13 Å². The number of hydrogen-bond acceptors (Lipinski definition) is 15. The van der Waals surface area contributed by atoms with Crippen LogP contribution in [0.1, 0.15) is 409 Å². The average Bonchev–Trinajstić information content (AvgIpc) is 1.39. The first-order chi connectivity index (χ1) is 47.7. The molecular weight excluding hydrogens is 1290 g/mol. The lowest BCUT2D eigenvalue weighted by molar-refractivity contribution is -0.161. The molecule has 4 unspecified atom stereocenters. The van der Waals surface area contributed by atoms with E-state index in [9.17, 15) is 43.2 Å². The number of carbonyl (C=O) groups is 4. The molecule has 7 atom stereocenters. The second-order valence-corrected chi connectivity index (χ2v) is 33.1. The Balaban J connectivity index is 5.17. The Hall–Kier alpha value is -1.94. The number of phosphoric ester groups is 2. The zero-order valence-corrected chi connectivity index (χ0v) is 66.9. The molecule has 0 heterocycles. The minimum Gasteiger partial charge on any atom is -0.462 e. The summed E-state index contributed by atoms with van der Waals surface area (Å²) in [4.78, 5) is 72.9. The van der Waals surface area contributed by atoms with E-state index in [1.54, 1.807) is 0 Å². The summed E-state index contributed by atoms with van der Waals surface area (Å²) in [6.07, 6.45) is 55.7. The molecule has 0 fully saturated rings. The summed E-state index contributed by atoms with van der Waals surface area (Å²) in [6.45, 7) is 14.2. The fraction of sp³-hybridized carbons (Fsp3) is 0.950. The molecule has 0 aliphatic rings. The Labute approximate surface area is 607 Å². The minimum absolute atomic E-state index is 0.106. The van der Waals surface area contributed by atoms with Crippen LogP contribution in [0.15, 0.2) is 0 Å². The summed E-state index contributed by atoms with van der Waals surface area (Å²) in [5.41, 5.74) is 0. The van der Waals surface area contributed by atoms with Gasteiger partial charge in [-0.3, -0.25) is 37.3 Å². The normalized spacial score (nSPS) is 14.6. The molecule has 0 bridgehead atoms. The number of ether oxygens (including phenoxy) is 4. The molecule has 588 valence electrons. The van der Waals surface area contributed by atoms with Crippen molar-refractivity contribution in [2.75, 3.05) is 39.6 Å². The third-order valence-electron chi connectivity index (χ3n) is 19.3. The smallest absolute Gasteiger partial charge is 0.462 e. The maximum Gasteiger partial charge on any atom is 0.472 e. The van der Waals surface area contributed by atoms with Crippen LogP contribution in [0.3, 0.4) is 0 Å². The lowest BCUT2D eigenvalue weighted by Crippen LogP contribution is -2.30. The number of aliphatic hydroxyl groups excluding tert-OH is 1. The highest BCUT2D eigenvalue weighted by Crippen LogP contribution is 2.45. The van der Waals surface area contributed by atoms with Crippen molar-refractivity contribution in [1.29, 1.82) is 0 Å². The van der Waals surface area contributed by atoms with Gasteiger partial charge in [0.1, 0.15) is 19.3 Å². The Morgan fingerprint density at radius 1 is 0.283 bits per heavy atom. The molecule has 0 saturated carbocycles. The van der Waals surface area contributed by atoms with Crippen molar-refractivity contribution in [3.63, 3.8) is 0 Å². The summed E-state index contributed by atoms with van der Waals surface area (Å²) < 4.78 is 68.6. The van der Waals surface area contributed by atoms with Crippen molar-refractivity contribution in [1.82, 2.24) is 0 Å². The van der Waals surface area contributed by atoms with Gasteiger partial charge in [-0.2, -0.15) is 0 Å².